The average Bonchev–Trinajstić information content (AvgIpc) is 0.853. The smallest absolute Gasteiger partial charge is 0.316 e. The van der Waals surface area contributed by atoms with Crippen molar-refractivity contribution >= 4 is 55.1 Å². The van der Waals surface area contributed by atoms with E-state index in [1.807, 2.05) is 36.4 Å². The van der Waals surface area contributed by atoms with Crippen molar-refractivity contribution in [2.75, 3.05) is 31.8 Å². The van der Waals surface area contributed by atoms with Crippen LogP contribution in [0.3, 0.4) is 0 Å². The molecule has 2 heterocycles. The van der Waals surface area contributed by atoms with E-state index in [2.05, 4.69) is 96.0 Å². The highest BCUT2D eigenvalue weighted by atomic mass is 33.1. The van der Waals surface area contributed by atoms with Crippen LogP contribution in [-0.2, 0) is 49.3 Å². The summed E-state index contributed by atoms with van der Waals surface area (Å²) in [4.78, 5) is 31.1. The lowest BCUT2D eigenvalue weighted by atomic mass is 9.38. The molecule has 2 aliphatic heterocycles. The third kappa shape index (κ3) is 9.82. The standard InChI is InChI=1S/C74H75NO10S2/c1-42(76)84-67-33-55-32-60-58-35-69(65(79)28-50(58)26-61-64(78)36-62-59-34-66(80)68(82-2)29-51(59)27-63(67)74(62,70(60)61)53-15-12-46-9-3-4-10-47(46)24-53)83-20-21-86-87-40-45-22-43-16-19-72(17-5-6-18-72)41-75-39-44-8-7-11-48(23-44)57-31-54(77)25-49-13-14-52(30-56(49)57)73(37-43,38-45)71(81)85-55/h3-4,7-15,23-25,28-31,34-35,43,45,55,60-64,67,70,75,77-80H,5-6,17-18,20-22,26-27,32-33,36-41H2,1-2H3. The first-order valence-electron chi connectivity index (χ1n) is 31.6. The van der Waals surface area contributed by atoms with Crippen LogP contribution in [0.25, 0.3) is 32.7 Å². The fraction of sp³-hybridized carbons (Fsp3) is 0.432. The monoisotopic (exact) mass is 1200 g/mol. The number of esters is 2. The van der Waals surface area contributed by atoms with Gasteiger partial charge in [0.15, 0.2) is 23.0 Å². The Labute approximate surface area is 516 Å². The second-order valence-electron chi connectivity index (χ2n) is 26.8. The number of hydrogen-bond donors (Lipinski definition) is 5. The van der Waals surface area contributed by atoms with E-state index in [-0.39, 0.29) is 70.6 Å². The largest absolute Gasteiger partial charge is 0.508 e. The Hall–Kier alpha value is -6.82. The molecular weight excluding hydrogens is 1130 g/mol. The molecule has 7 aromatic carbocycles. The molecule has 8 aliphatic rings. The van der Waals surface area contributed by atoms with Gasteiger partial charge >= 0.3 is 11.9 Å². The van der Waals surface area contributed by atoms with Gasteiger partial charge in [0.25, 0.3) is 0 Å². The molecule has 15 rings (SSSR count). The molecule has 0 amide bonds. The number of methoxy groups -OCH3 is 1. The molecular formula is C74H75NO10S2. The van der Waals surface area contributed by atoms with Gasteiger partial charge in [-0.2, -0.15) is 0 Å². The van der Waals surface area contributed by atoms with Crippen LogP contribution in [-0.4, -0.2) is 82.4 Å². The molecule has 12 atom stereocenters. The molecule has 0 saturated heterocycles. The molecule has 11 nitrogen and oxygen atoms in total. The van der Waals surface area contributed by atoms with Gasteiger partial charge in [0, 0.05) is 60.6 Å². The third-order valence-electron chi connectivity index (χ3n) is 21.9. The average molecular weight is 1200 g/mol. The number of hydrogen-bond acceptors (Lipinski definition) is 13. The fourth-order valence-electron chi connectivity index (χ4n) is 18.5. The van der Waals surface area contributed by atoms with Gasteiger partial charge in [-0.15, -0.1) is 0 Å². The normalized spacial score (nSPS) is 30.6. The second-order valence-corrected chi connectivity index (χ2v) is 29.4. The van der Waals surface area contributed by atoms with Crippen LogP contribution in [0.15, 0.2) is 121 Å². The second kappa shape index (κ2) is 22.3. The molecule has 5 N–H and O–H groups in total. The summed E-state index contributed by atoms with van der Waals surface area (Å²) in [6.45, 7) is 3.28. The van der Waals surface area contributed by atoms with Crippen LogP contribution in [0.2, 0.25) is 0 Å². The van der Waals surface area contributed by atoms with Gasteiger partial charge in [0.2, 0.25) is 0 Å². The first-order chi connectivity index (χ1) is 42.3. The summed E-state index contributed by atoms with van der Waals surface area (Å²) in [6, 6.07) is 41.3. The van der Waals surface area contributed by atoms with Crippen LogP contribution >= 0.6 is 21.6 Å². The summed E-state index contributed by atoms with van der Waals surface area (Å²) in [5.41, 5.74) is 6.48. The molecule has 13 heteroatoms. The number of rotatable bonds is 3. The zero-order valence-electron chi connectivity index (χ0n) is 49.4. The summed E-state index contributed by atoms with van der Waals surface area (Å²) >= 11 is 0. The highest BCUT2D eigenvalue weighted by Gasteiger charge is 2.67. The zero-order chi connectivity index (χ0) is 59.3. The zero-order valence-corrected chi connectivity index (χ0v) is 51.0. The van der Waals surface area contributed by atoms with Crippen molar-refractivity contribution in [1.29, 1.82) is 0 Å². The number of ether oxygens (including phenoxy) is 4. The number of phenolic OH excluding ortho intramolecular Hbond substituents is 3. The lowest BCUT2D eigenvalue weighted by molar-refractivity contribution is -0.175. The van der Waals surface area contributed by atoms with Crippen molar-refractivity contribution in [2.45, 2.75) is 131 Å². The van der Waals surface area contributed by atoms with Crippen LogP contribution in [0.5, 0.6) is 28.7 Å². The number of aliphatic hydroxyl groups excluding tert-OH is 1. The summed E-state index contributed by atoms with van der Waals surface area (Å²) in [6.07, 6.45) is 5.42. The Kier molecular flexibility index (Phi) is 14.6. The highest BCUT2D eigenvalue weighted by Crippen LogP contribution is 2.70. The van der Waals surface area contributed by atoms with Gasteiger partial charge in [-0.25, -0.2) is 0 Å². The van der Waals surface area contributed by atoms with Crippen molar-refractivity contribution in [2.24, 2.45) is 35.0 Å². The molecule has 2 spiro atoms. The Morgan fingerprint density at radius 1 is 0.782 bits per heavy atom. The summed E-state index contributed by atoms with van der Waals surface area (Å²) in [7, 11) is 5.09. The van der Waals surface area contributed by atoms with E-state index in [0.717, 1.165) is 116 Å². The minimum absolute atomic E-state index is 0.0176. The molecule has 6 aliphatic carbocycles. The molecule has 0 radical (unpaired) electrons. The van der Waals surface area contributed by atoms with E-state index in [9.17, 15) is 25.2 Å². The number of carbonyl (C=O) groups is 2. The predicted molar refractivity (Wildman–Crippen MR) is 341 cm³/mol. The molecule has 87 heavy (non-hydrogen) atoms. The number of benzene rings is 7. The first-order valence-corrected chi connectivity index (χ1v) is 34.1. The van der Waals surface area contributed by atoms with Gasteiger partial charge in [0.1, 0.15) is 18.0 Å². The highest BCUT2D eigenvalue weighted by molar-refractivity contribution is 8.76. The van der Waals surface area contributed by atoms with Gasteiger partial charge in [0.05, 0.1) is 25.2 Å². The summed E-state index contributed by atoms with van der Waals surface area (Å²) in [5.74, 6) is 7.55. The molecule has 448 valence electrons. The van der Waals surface area contributed by atoms with Crippen molar-refractivity contribution in [3.05, 3.63) is 160 Å². The SMILES string of the molecule is COc1cc2c(cc1O)C1CC(O)C3Cc4cc(O)c5cc4C4CC(CC(OC(C)=O)C(C2)C1(c1ccc2ccccc2c1)C43)OC(=O)C12CC(C#CC3(CCCC3)CNCc3cccc(c3)-c3cc(O)cc4ccc1cc34)CC(CSSCCO5)C2. The van der Waals surface area contributed by atoms with Gasteiger partial charge in [-0.1, -0.05) is 119 Å². The number of aromatic hydroxyl groups is 3. The quantitative estimate of drug-likeness (QED) is 0.0646. The van der Waals surface area contributed by atoms with Crippen LogP contribution in [0.1, 0.15) is 122 Å². The Morgan fingerprint density at radius 3 is 2.46 bits per heavy atom. The van der Waals surface area contributed by atoms with E-state index in [0.29, 0.717) is 68.9 Å². The van der Waals surface area contributed by atoms with E-state index < -0.39 is 41.0 Å². The Morgan fingerprint density at radius 2 is 1.61 bits per heavy atom. The van der Waals surface area contributed by atoms with Crippen LogP contribution < -0.4 is 14.8 Å². The lowest BCUT2D eigenvalue weighted by Crippen LogP contribution is -2.65. The molecule has 4 fully saturated rings. The number of fused-ring (bicyclic) bond motifs is 11. The Balaban J connectivity index is 0.956. The maximum atomic E-state index is 17.0. The minimum Gasteiger partial charge on any atom is -0.508 e. The summed E-state index contributed by atoms with van der Waals surface area (Å²) in [5, 5.41) is 56.0. The van der Waals surface area contributed by atoms with Crippen molar-refractivity contribution < 1.29 is 49.0 Å². The van der Waals surface area contributed by atoms with Crippen LogP contribution in [0.4, 0.5) is 0 Å². The summed E-state index contributed by atoms with van der Waals surface area (Å²) < 4.78 is 26.9. The molecule has 0 aromatic heterocycles. The number of aliphatic hydroxyl groups is 1. The van der Waals surface area contributed by atoms with Gasteiger partial charge < -0.3 is 44.7 Å². The van der Waals surface area contributed by atoms with E-state index in [1.54, 1.807) is 34.8 Å². The van der Waals surface area contributed by atoms with E-state index in [4.69, 9.17) is 18.9 Å². The van der Waals surface area contributed by atoms with Gasteiger partial charge in [-0.05, 0) is 208 Å². The number of carbonyl (C=O) groups excluding carboxylic acids is 2. The van der Waals surface area contributed by atoms with E-state index in [1.165, 1.54) is 6.92 Å². The first kappa shape index (κ1) is 56.7. The Bertz CT molecular complexity index is 3960. The van der Waals surface area contributed by atoms with Crippen LogP contribution in [0, 0.1) is 46.8 Å². The molecule has 4 saturated carbocycles. The fourth-order valence-corrected chi connectivity index (χ4v) is 20.7. The van der Waals surface area contributed by atoms with Crippen molar-refractivity contribution in [1.82, 2.24) is 5.32 Å². The number of nitrogens with one attached hydrogen (secondary N) is 1. The molecule has 12 unspecified atom stereocenters. The predicted octanol–water partition coefficient (Wildman–Crippen LogP) is 13.7. The van der Waals surface area contributed by atoms with Gasteiger partial charge in [-0.3, -0.25) is 9.59 Å². The maximum absolute atomic E-state index is 17.0. The topological polar surface area (TPSA) is 164 Å². The van der Waals surface area contributed by atoms with E-state index >= 15 is 4.79 Å². The maximum Gasteiger partial charge on any atom is 0.316 e. The lowest BCUT2D eigenvalue weighted by Gasteiger charge is -2.66. The molecule has 11 bridgehead atoms. The third-order valence-corrected chi connectivity index (χ3v) is 24.4. The van der Waals surface area contributed by atoms with Crippen molar-refractivity contribution in [3.8, 4) is 51.7 Å². The molecule has 7 aromatic rings. The minimum atomic E-state index is -1.18. The number of phenols is 3. The van der Waals surface area contributed by atoms with Crippen molar-refractivity contribution in [3.63, 3.8) is 0 Å².